The molecule has 3 amide bonds. The molecule has 0 aliphatic carbocycles. The van der Waals surface area contributed by atoms with Crippen molar-refractivity contribution in [3.8, 4) is 17.2 Å². The molecular formula is C36H34N4O6S2. The fourth-order valence-corrected chi connectivity index (χ4v) is 6.40. The van der Waals surface area contributed by atoms with Crippen molar-refractivity contribution in [2.24, 2.45) is 0 Å². The van der Waals surface area contributed by atoms with Gasteiger partial charge in [0.25, 0.3) is 11.8 Å². The van der Waals surface area contributed by atoms with E-state index in [0.717, 1.165) is 20.9 Å². The Morgan fingerprint density at radius 3 is 2.44 bits per heavy atom. The van der Waals surface area contributed by atoms with Crippen LogP contribution in [0.15, 0.2) is 102 Å². The second-order valence-electron chi connectivity index (χ2n) is 10.3. The lowest BCUT2D eigenvalue weighted by Crippen LogP contribution is -2.30. The Bertz CT molecular complexity index is 1960. The predicted octanol–water partition coefficient (Wildman–Crippen LogP) is 7.24. The highest BCUT2D eigenvalue weighted by Gasteiger charge is 2.19. The van der Waals surface area contributed by atoms with E-state index in [1.165, 1.54) is 37.3 Å². The van der Waals surface area contributed by atoms with Crippen molar-refractivity contribution in [3.05, 3.63) is 108 Å². The van der Waals surface area contributed by atoms with Crippen molar-refractivity contribution in [3.63, 3.8) is 0 Å². The van der Waals surface area contributed by atoms with E-state index in [1.807, 2.05) is 31.2 Å². The van der Waals surface area contributed by atoms with E-state index in [1.54, 1.807) is 79.7 Å². The number of nitrogens with zero attached hydrogens (tertiary/aromatic N) is 1. The number of anilines is 2. The van der Waals surface area contributed by atoms with Gasteiger partial charge in [-0.2, -0.15) is 0 Å². The number of hydrogen-bond acceptors (Lipinski definition) is 9. The summed E-state index contributed by atoms with van der Waals surface area (Å²) in [6.45, 7) is 4.29. The zero-order valence-electron chi connectivity index (χ0n) is 26.7. The molecule has 0 saturated heterocycles. The number of ether oxygens (including phenoxy) is 3. The average Bonchev–Trinajstić information content (AvgIpc) is 3.50. The van der Waals surface area contributed by atoms with Crippen LogP contribution < -0.4 is 30.2 Å². The van der Waals surface area contributed by atoms with Crippen molar-refractivity contribution in [1.82, 2.24) is 10.3 Å². The Balaban J connectivity index is 1.29. The molecule has 10 nitrogen and oxygen atoms in total. The molecule has 5 aromatic rings. The van der Waals surface area contributed by atoms with Crippen LogP contribution in [0.1, 0.15) is 29.8 Å². The molecule has 0 spiro atoms. The maximum atomic E-state index is 13.6. The van der Waals surface area contributed by atoms with Gasteiger partial charge in [0.1, 0.15) is 11.4 Å². The Hall–Kier alpha value is -5.33. The summed E-state index contributed by atoms with van der Waals surface area (Å²) in [5.74, 6) is 0.575. The fraction of sp³-hybridized carbons (Fsp3) is 0.167. The number of nitrogens with one attached hydrogen (secondary N) is 3. The molecule has 0 saturated carbocycles. The number of fused-ring (bicyclic) bond motifs is 1. The minimum absolute atomic E-state index is 0.0195. The Morgan fingerprint density at radius 1 is 0.896 bits per heavy atom. The first-order chi connectivity index (χ1) is 23.3. The molecule has 1 unspecified atom stereocenters. The number of amides is 3. The molecule has 3 N–H and O–H groups in total. The molecule has 1 heterocycles. The molecule has 5 rings (SSSR count). The Labute approximate surface area is 286 Å². The van der Waals surface area contributed by atoms with Crippen LogP contribution in [0.2, 0.25) is 0 Å². The lowest BCUT2D eigenvalue weighted by Gasteiger charge is -2.14. The maximum Gasteiger partial charge on any atom is 0.272 e. The molecule has 1 atom stereocenters. The number of rotatable bonds is 13. The number of methoxy groups -OCH3 is 2. The highest BCUT2D eigenvalue weighted by molar-refractivity contribution is 8.00. The summed E-state index contributed by atoms with van der Waals surface area (Å²) in [5, 5.41) is 8.56. The van der Waals surface area contributed by atoms with Gasteiger partial charge >= 0.3 is 0 Å². The van der Waals surface area contributed by atoms with E-state index < -0.39 is 17.1 Å². The van der Waals surface area contributed by atoms with Crippen LogP contribution in [0, 0.1) is 0 Å². The number of thioether (sulfide) groups is 1. The Kier molecular flexibility index (Phi) is 11.3. The monoisotopic (exact) mass is 682 g/mol. The van der Waals surface area contributed by atoms with E-state index in [-0.39, 0.29) is 11.6 Å². The minimum Gasteiger partial charge on any atom is -0.494 e. The molecule has 48 heavy (non-hydrogen) atoms. The summed E-state index contributed by atoms with van der Waals surface area (Å²) in [6, 6.07) is 26.6. The summed E-state index contributed by atoms with van der Waals surface area (Å²) in [6.07, 6.45) is 1.56. The lowest BCUT2D eigenvalue weighted by atomic mass is 10.1. The van der Waals surface area contributed by atoms with E-state index in [2.05, 4.69) is 20.9 Å². The highest BCUT2D eigenvalue weighted by Crippen LogP contribution is 2.32. The van der Waals surface area contributed by atoms with E-state index in [9.17, 15) is 14.4 Å². The van der Waals surface area contributed by atoms with E-state index in [0.29, 0.717) is 40.1 Å². The highest BCUT2D eigenvalue weighted by atomic mass is 32.2. The van der Waals surface area contributed by atoms with Gasteiger partial charge in [-0.25, -0.2) is 4.98 Å². The van der Waals surface area contributed by atoms with Gasteiger partial charge in [0.2, 0.25) is 5.91 Å². The van der Waals surface area contributed by atoms with Gasteiger partial charge in [0.15, 0.2) is 16.6 Å². The SMILES string of the molecule is CCOc1ccc2nc(NC(=O)C(C)Sc3cccc(NC(=O)/C(=C\c4ccc(OC)c(OC)c4)NC(=O)c4ccccc4)c3)sc2c1. The first-order valence-corrected chi connectivity index (χ1v) is 16.7. The van der Waals surface area contributed by atoms with Gasteiger partial charge in [-0.15, -0.1) is 11.8 Å². The third kappa shape index (κ3) is 8.72. The van der Waals surface area contributed by atoms with Crippen LogP contribution in [0.5, 0.6) is 17.2 Å². The molecule has 0 bridgehead atoms. The predicted molar refractivity (Wildman–Crippen MR) is 191 cm³/mol. The zero-order valence-corrected chi connectivity index (χ0v) is 28.4. The minimum atomic E-state index is -0.537. The van der Waals surface area contributed by atoms with Crippen LogP contribution in [-0.4, -0.2) is 48.8 Å². The lowest BCUT2D eigenvalue weighted by molar-refractivity contribution is -0.115. The molecule has 1 aromatic heterocycles. The zero-order chi connectivity index (χ0) is 34.0. The second-order valence-corrected chi connectivity index (χ2v) is 12.8. The first kappa shape index (κ1) is 34.0. The quantitative estimate of drug-likeness (QED) is 0.0876. The number of thiazole rings is 1. The van der Waals surface area contributed by atoms with Crippen molar-refractivity contribution < 1.29 is 28.6 Å². The van der Waals surface area contributed by atoms with Gasteiger partial charge in [0.05, 0.1) is 36.3 Å². The number of hydrogen-bond donors (Lipinski definition) is 3. The van der Waals surface area contributed by atoms with Crippen LogP contribution in [0.4, 0.5) is 10.8 Å². The Morgan fingerprint density at radius 2 is 1.69 bits per heavy atom. The van der Waals surface area contributed by atoms with Crippen LogP contribution in [0.25, 0.3) is 16.3 Å². The molecule has 12 heteroatoms. The van der Waals surface area contributed by atoms with Gasteiger partial charge in [-0.3, -0.25) is 14.4 Å². The summed E-state index contributed by atoms with van der Waals surface area (Å²) in [4.78, 5) is 45.0. The van der Waals surface area contributed by atoms with Crippen LogP contribution in [0.3, 0.4) is 0 Å². The number of carbonyl (C=O) groups excluding carboxylic acids is 3. The number of aromatic nitrogens is 1. The molecule has 0 aliphatic rings. The largest absolute Gasteiger partial charge is 0.494 e. The second kappa shape index (κ2) is 16.0. The van der Waals surface area contributed by atoms with Gasteiger partial charge in [-0.1, -0.05) is 41.7 Å². The third-order valence-electron chi connectivity index (χ3n) is 6.92. The maximum absolute atomic E-state index is 13.6. The van der Waals surface area contributed by atoms with E-state index >= 15 is 0 Å². The average molecular weight is 683 g/mol. The van der Waals surface area contributed by atoms with Gasteiger partial charge in [-0.05, 0) is 86.2 Å². The van der Waals surface area contributed by atoms with Crippen molar-refractivity contribution in [2.75, 3.05) is 31.5 Å². The first-order valence-electron chi connectivity index (χ1n) is 15.0. The van der Waals surface area contributed by atoms with Crippen molar-refractivity contribution in [1.29, 1.82) is 0 Å². The van der Waals surface area contributed by atoms with Gasteiger partial charge < -0.3 is 30.2 Å². The molecule has 0 fully saturated rings. The summed E-state index contributed by atoms with van der Waals surface area (Å²) in [5.41, 5.74) is 2.29. The van der Waals surface area contributed by atoms with Crippen molar-refractivity contribution >= 4 is 67.9 Å². The third-order valence-corrected chi connectivity index (χ3v) is 8.95. The standard InChI is InChI=1S/C36H34N4O6S2/c1-5-46-26-15-16-28-32(21-26)48-36(39-28)40-33(41)22(2)47-27-13-9-12-25(20-27)37-35(43)29(38-34(42)24-10-7-6-8-11-24)18-23-14-17-30(44-3)31(19-23)45-4/h6-22H,5H2,1-4H3,(H,37,43)(H,38,42)(H,39,40,41)/b29-18+. The smallest absolute Gasteiger partial charge is 0.272 e. The van der Waals surface area contributed by atoms with E-state index in [4.69, 9.17) is 14.2 Å². The summed E-state index contributed by atoms with van der Waals surface area (Å²) >= 11 is 2.72. The van der Waals surface area contributed by atoms with Gasteiger partial charge in [0, 0.05) is 16.1 Å². The fourth-order valence-electron chi connectivity index (χ4n) is 4.58. The topological polar surface area (TPSA) is 128 Å². The number of benzene rings is 4. The summed E-state index contributed by atoms with van der Waals surface area (Å²) < 4.78 is 17.2. The summed E-state index contributed by atoms with van der Waals surface area (Å²) in [7, 11) is 3.05. The molecule has 246 valence electrons. The van der Waals surface area contributed by atoms with Crippen LogP contribution in [-0.2, 0) is 9.59 Å². The molecule has 0 aliphatic heterocycles. The normalized spacial score (nSPS) is 11.8. The molecule has 0 radical (unpaired) electrons. The number of carbonyl (C=O) groups is 3. The van der Waals surface area contributed by atoms with Crippen LogP contribution >= 0.6 is 23.1 Å². The van der Waals surface area contributed by atoms with Crippen molar-refractivity contribution in [2.45, 2.75) is 24.0 Å². The molecule has 4 aromatic carbocycles. The molecular weight excluding hydrogens is 649 g/mol.